The van der Waals surface area contributed by atoms with E-state index in [2.05, 4.69) is 0 Å². The Hall–Kier alpha value is -2.90. The molecule has 4 nitrogen and oxygen atoms in total. The van der Waals surface area contributed by atoms with Crippen LogP contribution in [0.15, 0.2) is 30.3 Å². The van der Waals surface area contributed by atoms with Gasteiger partial charge in [-0.25, -0.2) is 9.18 Å². The van der Waals surface area contributed by atoms with Crippen molar-refractivity contribution in [1.29, 1.82) is 0 Å². The van der Waals surface area contributed by atoms with E-state index < -0.39 is 40.8 Å². The van der Waals surface area contributed by atoms with Crippen molar-refractivity contribution in [2.45, 2.75) is 58.7 Å². The first-order chi connectivity index (χ1) is 15.3. The molecule has 2 aromatic rings. The van der Waals surface area contributed by atoms with E-state index in [1.165, 1.54) is 0 Å². The Bertz CT molecular complexity index is 1070. The fraction of sp³-hybridized carbons (Fsp3) is 0.440. The second kappa shape index (κ2) is 8.80. The summed E-state index contributed by atoms with van der Waals surface area (Å²) in [5, 5.41) is 0. The quantitative estimate of drug-likeness (QED) is 0.278. The standard InChI is InChI=1S/C25H26F4O4/c1-6-32-23(31)24(4,5)33-22-13(2)9-15(10-14(22)3)18-12-19(18)21(30)17-8-7-16(11-20(17)26)25(27,28)29/h7-11,18-19H,6,12H2,1-5H3. The van der Waals surface area contributed by atoms with Crippen molar-refractivity contribution < 1.29 is 36.6 Å². The maximum atomic E-state index is 14.2. The van der Waals surface area contributed by atoms with Gasteiger partial charge in [0.05, 0.1) is 17.7 Å². The van der Waals surface area contributed by atoms with Crippen LogP contribution >= 0.6 is 0 Å². The van der Waals surface area contributed by atoms with E-state index in [4.69, 9.17) is 9.47 Å². The van der Waals surface area contributed by atoms with Crippen LogP contribution in [-0.2, 0) is 15.7 Å². The van der Waals surface area contributed by atoms with Gasteiger partial charge in [0, 0.05) is 5.92 Å². The molecular formula is C25H26F4O4. The predicted molar refractivity (Wildman–Crippen MR) is 114 cm³/mol. The SMILES string of the molecule is CCOC(=O)C(C)(C)Oc1c(C)cc(C2CC2C(=O)c2ccc(C(F)(F)F)cc2F)cc1C. The second-order valence-electron chi connectivity index (χ2n) is 8.82. The van der Waals surface area contributed by atoms with Crippen LogP contribution in [0.5, 0.6) is 5.75 Å². The molecule has 1 saturated carbocycles. The molecule has 0 amide bonds. The minimum Gasteiger partial charge on any atom is -0.476 e. The van der Waals surface area contributed by atoms with Crippen LogP contribution in [0.3, 0.4) is 0 Å². The molecule has 0 aromatic heterocycles. The summed E-state index contributed by atoms with van der Waals surface area (Å²) in [6.07, 6.45) is -4.20. The Labute approximate surface area is 189 Å². The van der Waals surface area contributed by atoms with E-state index in [1.807, 2.05) is 26.0 Å². The maximum Gasteiger partial charge on any atom is 0.416 e. The summed E-state index contributed by atoms with van der Waals surface area (Å²) >= 11 is 0. The highest BCUT2D eigenvalue weighted by Crippen LogP contribution is 2.50. The molecule has 2 aromatic carbocycles. The Morgan fingerprint density at radius 1 is 1.06 bits per heavy atom. The van der Waals surface area contributed by atoms with Gasteiger partial charge in [0.25, 0.3) is 0 Å². The van der Waals surface area contributed by atoms with E-state index in [1.54, 1.807) is 20.8 Å². The van der Waals surface area contributed by atoms with Gasteiger partial charge in [-0.1, -0.05) is 12.1 Å². The number of hydrogen-bond donors (Lipinski definition) is 0. The molecule has 1 aliphatic rings. The number of alkyl halides is 3. The van der Waals surface area contributed by atoms with Crippen LogP contribution in [0.2, 0.25) is 0 Å². The van der Waals surface area contributed by atoms with Gasteiger partial charge in [-0.2, -0.15) is 13.2 Å². The molecule has 1 aliphatic carbocycles. The monoisotopic (exact) mass is 466 g/mol. The lowest BCUT2D eigenvalue weighted by Gasteiger charge is -2.26. The Balaban J connectivity index is 1.77. The van der Waals surface area contributed by atoms with Crippen molar-refractivity contribution in [2.75, 3.05) is 6.61 Å². The highest BCUT2D eigenvalue weighted by Gasteiger charge is 2.45. The van der Waals surface area contributed by atoms with E-state index in [-0.39, 0.29) is 18.1 Å². The van der Waals surface area contributed by atoms with Crippen LogP contribution in [0, 0.1) is 25.6 Å². The number of ketones is 1. The highest BCUT2D eigenvalue weighted by molar-refractivity contribution is 6.00. The molecule has 0 N–H and O–H groups in total. The number of esters is 1. The molecule has 0 spiro atoms. The molecule has 2 atom stereocenters. The summed E-state index contributed by atoms with van der Waals surface area (Å²) < 4.78 is 63.5. The van der Waals surface area contributed by atoms with Crippen molar-refractivity contribution in [3.8, 4) is 5.75 Å². The van der Waals surface area contributed by atoms with Crippen LogP contribution < -0.4 is 4.74 Å². The number of Topliss-reactive ketones (excluding diaryl/α,β-unsaturated/α-hetero) is 1. The lowest BCUT2D eigenvalue weighted by Crippen LogP contribution is -2.40. The van der Waals surface area contributed by atoms with Gasteiger partial charge in [-0.15, -0.1) is 0 Å². The summed E-state index contributed by atoms with van der Waals surface area (Å²) in [6.45, 7) is 8.82. The summed E-state index contributed by atoms with van der Waals surface area (Å²) in [5.74, 6) is -2.29. The first-order valence-corrected chi connectivity index (χ1v) is 10.6. The molecule has 3 rings (SSSR count). The number of halogens is 4. The molecule has 33 heavy (non-hydrogen) atoms. The van der Waals surface area contributed by atoms with Gasteiger partial charge >= 0.3 is 12.1 Å². The Morgan fingerprint density at radius 3 is 2.18 bits per heavy atom. The van der Waals surface area contributed by atoms with E-state index in [0.29, 0.717) is 18.2 Å². The van der Waals surface area contributed by atoms with Crippen molar-refractivity contribution >= 4 is 11.8 Å². The molecule has 0 radical (unpaired) electrons. The number of hydrogen-bond acceptors (Lipinski definition) is 4. The van der Waals surface area contributed by atoms with E-state index >= 15 is 0 Å². The fourth-order valence-electron chi connectivity index (χ4n) is 3.90. The lowest BCUT2D eigenvalue weighted by atomic mass is 9.98. The maximum absolute atomic E-state index is 14.2. The van der Waals surface area contributed by atoms with Gasteiger partial charge in [-0.3, -0.25) is 4.79 Å². The summed E-state index contributed by atoms with van der Waals surface area (Å²) in [7, 11) is 0. The lowest BCUT2D eigenvalue weighted by molar-refractivity contribution is -0.158. The normalized spacial score (nSPS) is 18.1. The van der Waals surface area contributed by atoms with E-state index in [0.717, 1.165) is 28.8 Å². The third-order valence-electron chi connectivity index (χ3n) is 5.72. The average Bonchev–Trinajstić information content (AvgIpc) is 3.50. The summed E-state index contributed by atoms with van der Waals surface area (Å²) in [5.41, 5.74) is -0.263. The minimum atomic E-state index is -4.68. The van der Waals surface area contributed by atoms with Crippen LogP contribution in [0.4, 0.5) is 17.6 Å². The van der Waals surface area contributed by atoms with Crippen molar-refractivity contribution in [3.05, 3.63) is 64.0 Å². The number of rotatable bonds is 7. The number of carbonyl (C=O) groups excluding carboxylic acids is 2. The van der Waals surface area contributed by atoms with Crippen molar-refractivity contribution in [2.24, 2.45) is 5.92 Å². The number of aryl methyl sites for hydroxylation is 2. The van der Waals surface area contributed by atoms with Crippen LogP contribution in [-0.4, -0.2) is 24.0 Å². The number of carbonyl (C=O) groups is 2. The minimum absolute atomic E-state index is 0.163. The topological polar surface area (TPSA) is 52.6 Å². The molecule has 8 heteroatoms. The third kappa shape index (κ3) is 5.20. The van der Waals surface area contributed by atoms with Gasteiger partial charge in [0.1, 0.15) is 11.6 Å². The highest BCUT2D eigenvalue weighted by atomic mass is 19.4. The molecule has 2 unspecified atom stereocenters. The number of benzene rings is 2. The van der Waals surface area contributed by atoms with Gasteiger partial charge in [0.15, 0.2) is 11.4 Å². The van der Waals surface area contributed by atoms with Crippen molar-refractivity contribution in [3.63, 3.8) is 0 Å². The molecule has 0 heterocycles. The second-order valence-corrected chi connectivity index (χ2v) is 8.82. The van der Waals surface area contributed by atoms with E-state index in [9.17, 15) is 27.2 Å². The number of ether oxygens (including phenoxy) is 2. The predicted octanol–water partition coefficient (Wildman–Crippen LogP) is 6.17. The first-order valence-electron chi connectivity index (χ1n) is 10.6. The van der Waals surface area contributed by atoms with Gasteiger partial charge in [-0.05, 0) is 81.8 Å². The zero-order chi connectivity index (χ0) is 24.7. The largest absolute Gasteiger partial charge is 0.476 e. The third-order valence-corrected chi connectivity index (χ3v) is 5.72. The first kappa shape index (κ1) is 24.7. The average molecular weight is 466 g/mol. The van der Waals surface area contributed by atoms with Crippen molar-refractivity contribution in [1.82, 2.24) is 0 Å². The fourth-order valence-corrected chi connectivity index (χ4v) is 3.90. The summed E-state index contributed by atoms with van der Waals surface area (Å²) in [6, 6.07) is 5.69. The zero-order valence-electron chi connectivity index (χ0n) is 19.1. The Morgan fingerprint density at radius 2 is 1.67 bits per heavy atom. The zero-order valence-corrected chi connectivity index (χ0v) is 19.1. The van der Waals surface area contributed by atoms with Crippen LogP contribution in [0.1, 0.15) is 65.7 Å². The molecule has 0 bridgehead atoms. The molecule has 1 fully saturated rings. The van der Waals surface area contributed by atoms with Gasteiger partial charge in [0.2, 0.25) is 0 Å². The smallest absolute Gasteiger partial charge is 0.416 e. The molecule has 0 saturated heterocycles. The molecule has 0 aliphatic heterocycles. The summed E-state index contributed by atoms with van der Waals surface area (Å²) in [4.78, 5) is 24.9. The van der Waals surface area contributed by atoms with Gasteiger partial charge < -0.3 is 9.47 Å². The van der Waals surface area contributed by atoms with Crippen LogP contribution in [0.25, 0.3) is 0 Å². The molecular weight excluding hydrogens is 440 g/mol. The molecule has 178 valence electrons. The Kier molecular flexibility index (Phi) is 6.60.